The fourth-order valence-corrected chi connectivity index (χ4v) is 4.08. The van der Waals surface area contributed by atoms with Crippen LogP contribution in [-0.4, -0.2) is 4.98 Å². The van der Waals surface area contributed by atoms with E-state index in [4.69, 9.17) is 22.3 Å². The Kier molecular flexibility index (Phi) is 2.86. The molecule has 2 aromatic rings. The molecule has 0 fully saturated rings. The zero-order valence-electron chi connectivity index (χ0n) is 11.7. The van der Waals surface area contributed by atoms with Crippen LogP contribution in [0.4, 0.5) is 5.69 Å². The summed E-state index contributed by atoms with van der Waals surface area (Å²) in [5.41, 5.74) is 8.94. The number of nitrogen functional groups attached to an aromatic ring is 1. The first-order valence-corrected chi connectivity index (χ1v) is 7.97. The molecule has 3 nitrogen and oxygen atoms in total. The van der Waals surface area contributed by atoms with E-state index in [0.717, 1.165) is 15.8 Å². The molecule has 0 saturated carbocycles. The number of fused-ring (bicyclic) bond motifs is 4. The summed E-state index contributed by atoms with van der Waals surface area (Å²) in [6, 6.07) is 11.4. The van der Waals surface area contributed by atoms with Gasteiger partial charge in [-0.25, -0.2) is 4.98 Å². The van der Waals surface area contributed by atoms with Gasteiger partial charge in [0.1, 0.15) is 5.02 Å². The third kappa shape index (κ3) is 1.74. The van der Waals surface area contributed by atoms with Crippen molar-refractivity contribution < 1.29 is 0 Å². The molecular weight excluding hydrogens is 316 g/mol. The number of anilines is 1. The average Bonchev–Trinajstić information content (AvgIpc) is 2.53. The third-order valence-corrected chi connectivity index (χ3v) is 5.47. The smallest absolute Gasteiger partial charge is 0.206 e. The predicted molar refractivity (Wildman–Crippen MR) is 94.2 cm³/mol. The van der Waals surface area contributed by atoms with Crippen LogP contribution in [0.5, 0.6) is 0 Å². The maximum atomic E-state index is 12.6. The Bertz CT molecular complexity index is 1090. The lowest BCUT2D eigenvalue weighted by molar-refractivity contribution is 1.42. The Hall–Kier alpha value is -2.17. The van der Waals surface area contributed by atoms with E-state index < -0.39 is 0 Å². The summed E-state index contributed by atoms with van der Waals surface area (Å²) < 4.78 is 0.988. The third-order valence-electron chi connectivity index (χ3n) is 3.83. The van der Waals surface area contributed by atoms with E-state index in [2.05, 4.69) is 0 Å². The zero-order valence-corrected chi connectivity index (χ0v) is 13.3. The van der Waals surface area contributed by atoms with Crippen LogP contribution in [0.2, 0.25) is 5.02 Å². The monoisotopic (exact) mass is 326 g/mol. The average molecular weight is 327 g/mol. The molecule has 0 atom stereocenters. The number of rotatable bonds is 0. The highest BCUT2D eigenvalue weighted by Crippen LogP contribution is 2.41. The van der Waals surface area contributed by atoms with E-state index in [1.54, 1.807) is 0 Å². The number of aromatic nitrogens is 1. The standard InChI is InChI=1S/C17H11ClN2OS/c1-8-6-7-9(19)13-12(8)16(21)14(18)17-15(13)20-10-4-2-3-5-11(10)22-17/h2-7H,19H2,1H3. The van der Waals surface area contributed by atoms with Gasteiger partial charge in [-0.15, -0.1) is 11.3 Å². The van der Waals surface area contributed by atoms with E-state index in [0.29, 0.717) is 27.0 Å². The Morgan fingerprint density at radius 1 is 1.14 bits per heavy atom. The van der Waals surface area contributed by atoms with Gasteiger partial charge in [0.05, 0.1) is 20.8 Å². The second kappa shape index (κ2) is 4.66. The summed E-state index contributed by atoms with van der Waals surface area (Å²) >= 11 is 7.82. The Labute approximate surface area is 135 Å². The van der Waals surface area contributed by atoms with Crippen molar-refractivity contribution in [1.29, 1.82) is 0 Å². The molecule has 0 spiro atoms. The minimum atomic E-state index is -0.178. The van der Waals surface area contributed by atoms with Crippen LogP contribution in [0, 0.1) is 6.92 Å². The molecule has 22 heavy (non-hydrogen) atoms. The molecule has 4 rings (SSSR count). The van der Waals surface area contributed by atoms with E-state index in [-0.39, 0.29) is 10.5 Å². The maximum absolute atomic E-state index is 12.6. The second-order valence-electron chi connectivity index (χ2n) is 5.22. The van der Waals surface area contributed by atoms with Crippen LogP contribution in [0.3, 0.4) is 0 Å². The molecule has 0 unspecified atom stereocenters. The first kappa shape index (κ1) is 13.5. The van der Waals surface area contributed by atoms with Crippen LogP contribution >= 0.6 is 22.9 Å². The number of hydrogen-bond donors (Lipinski definition) is 1. The molecular formula is C17H11ClN2OS. The quantitative estimate of drug-likeness (QED) is 0.295. The van der Waals surface area contributed by atoms with Gasteiger partial charge in [-0.05, 0) is 30.7 Å². The number of benzene rings is 3. The van der Waals surface area contributed by atoms with Gasteiger partial charge in [0.15, 0.2) is 0 Å². The van der Waals surface area contributed by atoms with Gasteiger partial charge in [0.2, 0.25) is 5.43 Å². The highest BCUT2D eigenvalue weighted by atomic mass is 35.5. The summed E-state index contributed by atoms with van der Waals surface area (Å²) in [5, 5.41) is 1.48. The van der Waals surface area contributed by atoms with Gasteiger partial charge in [-0.1, -0.05) is 29.8 Å². The van der Waals surface area contributed by atoms with Crippen molar-refractivity contribution in [2.24, 2.45) is 0 Å². The van der Waals surface area contributed by atoms with Crippen LogP contribution in [0.1, 0.15) is 5.56 Å². The summed E-state index contributed by atoms with van der Waals surface area (Å²) in [6.07, 6.45) is 0. The fraction of sp³-hybridized carbons (Fsp3) is 0.0588. The van der Waals surface area contributed by atoms with Gasteiger partial charge < -0.3 is 5.73 Å². The van der Waals surface area contributed by atoms with Gasteiger partial charge in [0, 0.05) is 16.5 Å². The molecule has 2 aromatic carbocycles. The summed E-state index contributed by atoms with van der Waals surface area (Å²) in [6.45, 7) is 1.88. The largest absolute Gasteiger partial charge is 0.398 e. The van der Waals surface area contributed by atoms with Gasteiger partial charge in [0.25, 0.3) is 0 Å². The van der Waals surface area contributed by atoms with E-state index in [9.17, 15) is 4.79 Å². The van der Waals surface area contributed by atoms with Crippen LogP contribution in [-0.2, 0) is 0 Å². The van der Waals surface area contributed by atoms with E-state index in [1.807, 2.05) is 43.3 Å². The summed E-state index contributed by atoms with van der Waals surface area (Å²) in [5.74, 6) is 0. The van der Waals surface area contributed by atoms with Crippen LogP contribution in [0.15, 0.2) is 41.2 Å². The van der Waals surface area contributed by atoms with Gasteiger partial charge >= 0.3 is 0 Å². The maximum Gasteiger partial charge on any atom is 0.206 e. The Morgan fingerprint density at radius 2 is 1.91 bits per heavy atom. The van der Waals surface area contributed by atoms with Crippen LogP contribution in [0.25, 0.3) is 31.6 Å². The number of nitrogens with two attached hydrogens (primary N) is 1. The molecule has 0 bridgehead atoms. The van der Waals surface area contributed by atoms with Crippen molar-refractivity contribution in [3.8, 4) is 10.6 Å². The second-order valence-corrected chi connectivity index (χ2v) is 6.65. The molecule has 0 amide bonds. The highest BCUT2D eigenvalue weighted by Gasteiger charge is 2.21. The molecule has 2 aliphatic rings. The number of halogens is 1. The normalized spacial score (nSPS) is 11.5. The molecule has 0 saturated heterocycles. The zero-order chi connectivity index (χ0) is 15.4. The lowest BCUT2D eigenvalue weighted by Gasteiger charge is -2.14. The van der Waals surface area contributed by atoms with Crippen molar-refractivity contribution in [3.05, 3.63) is 57.2 Å². The van der Waals surface area contributed by atoms with Gasteiger partial charge in [-0.2, -0.15) is 0 Å². The van der Waals surface area contributed by atoms with Crippen molar-refractivity contribution in [3.63, 3.8) is 0 Å². The van der Waals surface area contributed by atoms with Gasteiger partial charge in [-0.3, -0.25) is 4.79 Å². The molecule has 0 aromatic heterocycles. The SMILES string of the molecule is Cc1ccc(N)c2c3nc4ccccc4sc-3c(Cl)c(=O)c12. The minimum absolute atomic E-state index is 0.178. The number of aryl methyl sites for hydroxylation is 1. The molecule has 1 heterocycles. The molecule has 1 aliphatic carbocycles. The Balaban J connectivity index is 2.38. The van der Waals surface area contributed by atoms with Crippen molar-refractivity contribution in [2.75, 3.05) is 5.73 Å². The van der Waals surface area contributed by atoms with Crippen molar-refractivity contribution in [1.82, 2.24) is 4.98 Å². The number of para-hydroxylation sites is 1. The predicted octanol–water partition coefficient (Wildman–Crippen LogP) is 4.46. The molecule has 108 valence electrons. The highest BCUT2D eigenvalue weighted by molar-refractivity contribution is 7.22. The Morgan fingerprint density at radius 3 is 2.73 bits per heavy atom. The summed E-state index contributed by atoms with van der Waals surface area (Å²) in [7, 11) is 0. The molecule has 0 radical (unpaired) electrons. The van der Waals surface area contributed by atoms with Crippen molar-refractivity contribution in [2.45, 2.75) is 6.92 Å². The van der Waals surface area contributed by atoms with E-state index in [1.165, 1.54) is 11.3 Å². The number of hydrogen-bond acceptors (Lipinski definition) is 4. The first-order chi connectivity index (χ1) is 10.6. The molecule has 5 heteroatoms. The summed E-state index contributed by atoms with van der Waals surface area (Å²) in [4.78, 5) is 18.0. The number of nitrogens with zero attached hydrogens (tertiary/aromatic N) is 1. The van der Waals surface area contributed by atoms with Crippen LogP contribution < -0.4 is 11.2 Å². The molecule has 2 N–H and O–H groups in total. The van der Waals surface area contributed by atoms with E-state index >= 15 is 0 Å². The lowest BCUT2D eigenvalue weighted by Crippen LogP contribution is -2.09. The van der Waals surface area contributed by atoms with Crippen molar-refractivity contribution >= 4 is 49.6 Å². The lowest BCUT2D eigenvalue weighted by atomic mass is 10.00. The molecule has 1 aliphatic heterocycles. The first-order valence-electron chi connectivity index (χ1n) is 6.78. The fourth-order valence-electron chi connectivity index (χ4n) is 2.77. The topological polar surface area (TPSA) is 56.0 Å². The minimum Gasteiger partial charge on any atom is -0.398 e.